The van der Waals surface area contributed by atoms with Gasteiger partial charge in [-0.1, -0.05) is 32.9 Å². The maximum Gasteiger partial charge on any atom is 0.227 e. The number of amides is 1. The van der Waals surface area contributed by atoms with Crippen LogP contribution in [-0.4, -0.2) is 45.7 Å². The molecule has 0 aliphatic carbocycles. The molecule has 0 spiro atoms. The summed E-state index contributed by atoms with van der Waals surface area (Å²) in [4.78, 5) is 26.0. The molecule has 7 nitrogen and oxygen atoms in total. The van der Waals surface area contributed by atoms with Gasteiger partial charge in [-0.15, -0.1) is 0 Å². The highest BCUT2D eigenvalue weighted by molar-refractivity contribution is 6.28. The average Bonchev–Trinajstić information content (AvgIpc) is 2.66. The van der Waals surface area contributed by atoms with Crippen molar-refractivity contribution >= 4 is 29.1 Å². The fourth-order valence-electron chi connectivity index (χ4n) is 3.08. The number of halogens is 1. The molecule has 8 heteroatoms. The Kier molecular flexibility index (Phi) is 8.34. The molecule has 2 rings (SSSR count). The number of hydrogen-bond donors (Lipinski definition) is 2. The molecule has 2 unspecified atom stereocenters. The number of anilines is 2. The molecule has 0 saturated heterocycles. The van der Waals surface area contributed by atoms with Gasteiger partial charge < -0.3 is 15.3 Å². The minimum Gasteiger partial charge on any atom is -0.394 e. The lowest BCUT2D eigenvalue weighted by Gasteiger charge is -2.19. The van der Waals surface area contributed by atoms with Gasteiger partial charge in [-0.05, 0) is 47.6 Å². The molecule has 1 heterocycles. The maximum absolute atomic E-state index is 11.5. The van der Waals surface area contributed by atoms with Crippen LogP contribution in [0.5, 0.6) is 0 Å². The molecular weight excluding hydrogens is 390 g/mol. The largest absolute Gasteiger partial charge is 0.394 e. The molecule has 0 bridgehead atoms. The molecule has 0 saturated carbocycles. The van der Waals surface area contributed by atoms with Crippen LogP contribution in [-0.2, 0) is 11.2 Å². The summed E-state index contributed by atoms with van der Waals surface area (Å²) >= 11 is 6.09. The van der Waals surface area contributed by atoms with E-state index in [1.165, 1.54) is 6.92 Å². The minimum atomic E-state index is -0.135. The second-order valence-corrected chi connectivity index (χ2v) is 8.11. The van der Waals surface area contributed by atoms with E-state index in [0.717, 1.165) is 17.7 Å². The van der Waals surface area contributed by atoms with Crippen molar-refractivity contribution in [3.05, 3.63) is 40.9 Å². The summed E-state index contributed by atoms with van der Waals surface area (Å²) in [6.45, 7) is 7.81. The Bertz CT molecular complexity index is 813. The Labute approximate surface area is 177 Å². The van der Waals surface area contributed by atoms with E-state index in [4.69, 9.17) is 11.6 Å². The first-order valence-electron chi connectivity index (χ1n) is 9.81. The number of nitrogens with zero attached hydrogens (tertiary/aromatic N) is 4. The van der Waals surface area contributed by atoms with Gasteiger partial charge in [-0.2, -0.15) is 9.97 Å². The van der Waals surface area contributed by atoms with E-state index in [0.29, 0.717) is 24.1 Å². The molecule has 158 valence electrons. The van der Waals surface area contributed by atoms with Crippen molar-refractivity contribution in [1.82, 2.24) is 15.0 Å². The minimum absolute atomic E-state index is 0.00568. The van der Waals surface area contributed by atoms with Crippen molar-refractivity contribution in [3.8, 4) is 0 Å². The highest BCUT2D eigenvalue weighted by atomic mass is 35.5. The summed E-state index contributed by atoms with van der Waals surface area (Å²) < 4.78 is 0. The number of aromatic nitrogens is 3. The third-order valence-electron chi connectivity index (χ3n) is 4.77. The lowest BCUT2D eigenvalue weighted by atomic mass is 9.97. The van der Waals surface area contributed by atoms with E-state index in [1.54, 1.807) is 11.9 Å². The number of carbonyl (C=O) groups excluding carboxylic acids is 1. The van der Waals surface area contributed by atoms with Gasteiger partial charge in [0.25, 0.3) is 0 Å². The number of hydrogen-bond acceptors (Lipinski definition) is 6. The summed E-state index contributed by atoms with van der Waals surface area (Å²) in [5, 5.41) is 12.9. The van der Waals surface area contributed by atoms with Crippen LogP contribution in [0.1, 0.15) is 51.4 Å². The van der Waals surface area contributed by atoms with Crippen LogP contribution in [0.3, 0.4) is 0 Å². The highest BCUT2D eigenvalue weighted by Crippen LogP contribution is 2.23. The van der Waals surface area contributed by atoms with Gasteiger partial charge in [0.2, 0.25) is 17.1 Å². The van der Waals surface area contributed by atoms with Crippen molar-refractivity contribution in [2.24, 2.45) is 5.92 Å². The van der Waals surface area contributed by atoms with Crippen molar-refractivity contribution in [1.29, 1.82) is 0 Å². The smallest absolute Gasteiger partial charge is 0.227 e. The van der Waals surface area contributed by atoms with E-state index in [-0.39, 0.29) is 29.8 Å². The van der Waals surface area contributed by atoms with Gasteiger partial charge in [-0.25, -0.2) is 4.98 Å². The Morgan fingerprint density at radius 2 is 1.83 bits per heavy atom. The highest BCUT2D eigenvalue weighted by Gasteiger charge is 2.15. The molecule has 0 aliphatic rings. The molecule has 1 amide bonds. The van der Waals surface area contributed by atoms with Crippen LogP contribution >= 0.6 is 11.6 Å². The predicted molar refractivity (Wildman–Crippen MR) is 116 cm³/mol. The van der Waals surface area contributed by atoms with Gasteiger partial charge in [-0.3, -0.25) is 4.79 Å². The lowest BCUT2D eigenvalue weighted by molar-refractivity contribution is -0.116. The number of carbonyl (C=O) groups is 1. The number of benzene rings is 1. The number of aliphatic hydroxyl groups is 1. The molecular formula is C21H30ClN5O2. The molecule has 0 aliphatic heterocycles. The van der Waals surface area contributed by atoms with E-state index < -0.39 is 0 Å². The molecule has 0 radical (unpaired) electrons. The van der Waals surface area contributed by atoms with Gasteiger partial charge >= 0.3 is 0 Å². The Morgan fingerprint density at radius 1 is 1.17 bits per heavy atom. The second-order valence-electron chi connectivity index (χ2n) is 7.77. The number of rotatable bonds is 9. The zero-order chi connectivity index (χ0) is 21.6. The number of nitrogens with one attached hydrogen (secondary N) is 1. The van der Waals surface area contributed by atoms with Crippen LogP contribution in [0, 0.1) is 5.92 Å². The van der Waals surface area contributed by atoms with Crippen molar-refractivity contribution < 1.29 is 9.90 Å². The van der Waals surface area contributed by atoms with Crippen molar-refractivity contribution in [2.75, 3.05) is 23.9 Å². The van der Waals surface area contributed by atoms with E-state index in [9.17, 15) is 9.90 Å². The Hall–Kier alpha value is -2.25. The van der Waals surface area contributed by atoms with Gasteiger partial charge in [0.05, 0.1) is 12.6 Å². The lowest BCUT2D eigenvalue weighted by Crippen LogP contribution is -2.27. The molecule has 2 aromatic rings. The number of aliphatic hydroxyl groups excluding tert-OH is 1. The van der Waals surface area contributed by atoms with E-state index in [2.05, 4.69) is 41.0 Å². The molecule has 1 aromatic carbocycles. The SMILES string of the molecule is CC(=O)N(C)c1ccc(C(C)Cc2nc(Cl)nc(NC(CO)CC(C)C)n2)cc1. The first-order chi connectivity index (χ1) is 13.7. The van der Waals surface area contributed by atoms with Gasteiger partial charge in [0, 0.05) is 26.1 Å². The van der Waals surface area contributed by atoms with Gasteiger partial charge in [0.15, 0.2) is 0 Å². The van der Waals surface area contributed by atoms with Crippen LogP contribution in [0.4, 0.5) is 11.6 Å². The van der Waals surface area contributed by atoms with Crippen LogP contribution in [0.25, 0.3) is 0 Å². The van der Waals surface area contributed by atoms with Crippen LogP contribution < -0.4 is 10.2 Å². The standard InChI is InChI=1S/C21H30ClN5O2/c1-13(2)10-17(12-28)23-21-25-19(24-20(22)26-21)11-14(3)16-6-8-18(9-7-16)27(5)15(4)29/h6-9,13-14,17,28H,10-12H2,1-5H3,(H,23,24,25,26). The zero-order valence-electron chi connectivity index (χ0n) is 17.7. The fraction of sp³-hybridized carbons (Fsp3) is 0.524. The quantitative estimate of drug-likeness (QED) is 0.644. The summed E-state index contributed by atoms with van der Waals surface area (Å²) in [5.41, 5.74) is 1.97. The summed E-state index contributed by atoms with van der Waals surface area (Å²) in [6, 6.07) is 7.73. The fourth-order valence-corrected chi connectivity index (χ4v) is 3.26. The maximum atomic E-state index is 11.5. The summed E-state index contributed by atoms with van der Waals surface area (Å²) in [7, 11) is 1.75. The second kappa shape index (κ2) is 10.5. The Balaban J connectivity index is 2.10. The average molecular weight is 420 g/mol. The normalized spacial score (nSPS) is 13.2. The third-order valence-corrected chi connectivity index (χ3v) is 4.94. The predicted octanol–water partition coefficient (Wildman–Crippen LogP) is 3.67. The first-order valence-corrected chi connectivity index (χ1v) is 10.2. The zero-order valence-corrected chi connectivity index (χ0v) is 18.4. The molecule has 0 fully saturated rings. The van der Waals surface area contributed by atoms with Crippen molar-refractivity contribution in [3.63, 3.8) is 0 Å². The molecule has 2 N–H and O–H groups in total. The van der Waals surface area contributed by atoms with E-state index in [1.807, 2.05) is 24.3 Å². The molecule has 1 aromatic heterocycles. The summed E-state index contributed by atoms with van der Waals surface area (Å²) in [5.74, 6) is 1.55. The first kappa shape index (κ1) is 23.0. The molecule has 2 atom stereocenters. The topological polar surface area (TPSA) is 91.2 Å². The van der Waals surface area contributed by atoms with E-state index >= 15 is 0 Å². The van der Waals surface area contributed by atoms with Crippen molar-refractivity contribution in [2.45, 2.75) is 52.5 Å². The monoisotopic (exact) mass is 419 g/mol. The Morgan fingerprint density at radius 3 is 2.38 bits per heavy atom. The van der Waals surface area contributed by atoms with Crippen LogP contribution in [0.15, 0.2) is 24.3 Å². The third kappa shape index (κ3) is 6.94. The van der Waals surface area contributed by atoms with Gasteiger partial charge in [0.1, 0.15) is 5.82 Å². The molecule has 29 heavy (non-hydrogen) atoms. The van der Waals surface area contributed by atoms with Crippen LogP contribution in [0.2, 0.25) is 5.28 Å². The summed E-state index contributed by atoms with van der Waals surface area (Å²) in [6.07, 6.45) is 1.39.